The van der Waals surface area contributed by atoms with Gasteiger partial charge in [0, 0.05) is 27.2 Å². The van der Waals surface area contributed by atoms with Crippen molar-refractivity contribution in [3.8, 4) is 0 Å². The van der Waals surface area contributed by atoms with Crippen LogP contribution in [0.5, 0.6) is 0 Å². The number of urea groups is 1. The first-order valence-electron chi connectivity index (χ1n) is 5.70. The molecule has 1 rings (SSSR count). The summed E-state index contributed by atoms with van der Waals surface area (Å²) in [5, 5.41) is 16.2. The van der Waals surface area contributed by atoms with Gasteiger partial charge in [0.2, 0.25) is 11.1 Å². The second-order valence-electron chi connectivity index (χ2n) is 4.09. The summed E-state index contributed by atoms with van der Waals surface area (Å²) in [5.41, 5.74) is -0.0526. The number of nitrogens with one attached hydrogen (secondary N) is 2. The molecule has 0 saturated carbocycles. The summed E-state index contributed by atoms with van der Waals surface area (Å²) in [4.78, 5) is 30.5. The summed E-state index contributed by atoms with van der Waals surface area (Å²) >= 11 is 5.67. The Morgan fingerprint density at radius 2 is 2.05 bits per heavy atom. The van der Waals surface area contributed by atoms with Crippen LogP contribution in [0.2, 0.25) is 5.28 Å². The highest BCUT2D eigenvalue weighted by Gasteiger charge is 2.21. The van der Waals surface area contributed by atoms with Crippen molar-refractivity contribution >= 4 is 29.1 Å². The Morgan fingerprint density at radius 1 is 1.40 bits per heavy atom. The predicted octanol–water partition coefficient (Wildman–Crippen LogP) is 1.03. The molecule has 0 aromatic carbocycles. The van der Waals surface area contributed by atoms with Gasteiger partial charge in [0.15, 0.2) is 0 Å². The van der Waals surface area contributed by atoms with Gasteiger partial charge in [-0.1, -0.05) is 0 Å². The molecular formula is C10H15ClN6O3. The van der Waals surface area contributed by atoms with Crippen LogP contribution < -0.4 is 10.6 Å². The minimum Gasteiger partial charge on any atom is -0.362 e. The maximum absolute atomic E-state index is 11.3. The van der Waals surface area contributed by atoms with E-state index < -0.39 is 4.92 Å². The minimum atomic E-state index is -0.577. The van der Waals surface area contributed by atoms with Gasteiger partial charge in [-0.25, -0.2) is 9.78 Å². The highest BCUT2D eigenvalue weighted by molar-refractivity contribution is 6.28. The molecule has 110 valence electrons. The van der Waals surface area contributed by atoms with Crippen LogP contribution in [0.25, 0.3) is 0 Å². The fraction of sp³-hybridized carbons (Fsp3) is 0.500. The van der Waals surface area contributed by atoms with Gasteiger partial charge < -0.3 is 15.5 Å². The van der Waals surface area contributed by atoms with Gasteiger partial charge >= 0.3 is 11.7 Å². The van der Waals surface area contributed by atoms with Gasteiger partial charge in [-0.05, 0) is 18.5 Å². The monoisotopic (exact) mass is 302 g/mol. The molecule has 0 radical (unpaired) electrons. The number of halogens is 1. The molecule has 0 aliphatic carbocycles. The van der Waals surface area contributed by atoms with E-state index in [4.69, 9.17) is 11.6 Å². The van der Waals surface area contributed by atoms with Crippen LogP contribution in [0.1, 0.15) is 5.69 Å². The molecule has 0 aliphatic heterocycles. The zero-order valence-corrected chi connectivity index (χ0v) is 12.1. The van der Waals surface area contributed by atoms with E-state index in [-0.39, 0.29) is 41.6 Å². The van der Waals surface area contributed by atoms with Crippen LogP contribution in [0.15, 0.2) is 0 Å². The Bertz CT molecular complexity index is 522. The number of hydrogen-bond acceptors (Lipinski definition) is 6. The standard InChI is InChI=1S/C10H15ClN6O3/c1-6-7(17(19)20)8(15-9(11)14-6)12-4-5-13-10(18)16(2)3/h4-5H2,1-3H3,(H,13,18)(H,12,14,15). The third-order valence-corrected chi connectivity index (χ3v) is 2.48. The third kappa shape index (κ3) is 4.19. The van der Waals surface area contributed by atoms with E-state index in [1.54, 1.807) is 14.1 Å². The van der Waals surface area contributed by atoms with Crippen LogP contribution in [0, 0.1) is 17.0 Å². The number of carbonyl (C=O) groups excluding carboxylic acids is 1. The molecule has 0 fully saturated rings. The molecule has 0 bridgehead atoms. The third-order valence-electron chi connectivity index (χ3n) is 2.31. The molecule has 9 nitrogen and oxygen atoms in total. The Labute approximate surface area is 120 Å². The maximum atomic E-state index is 11.3. The molecule has 0 saturated heterocycles. The number of anilines is 1. The van der Waals surface area contributed by atoms with E-state index in [9.17, 15) is 14.9 Å². The van der Waals surface area contributed by atoms with E-state index in [1.165, 1.54) is 11.8 Å². The lowest BCUT2D eigenvalue weighted by atomic mass is 10.3. The highest BCUT2D eigenvalue weighted by atomic mass is 35.5. The van der Waals surface area contributed by atoms with Gasteiger partial charge in [0.1, 0.15) is 5.69 Å². The van der Waals surface area contributed by atoms with Gasteiger partial charge in [0.25, 0.3) is 0 Å². The lowest BCUT2D eigenvalue weighted by Crippen LogP contribution is -2.37. The first kappa shape index (κ1) is 15.9. The predicted molar refractivity (Wildman–Crippen MR) is 74.0 cm³/mol. The number of carbonyl (C=O) groups is 1. The van der Waals surface area contributed by atoms with Crippen molar-refractivity contribution in [2.24, 2.45) is 0 Å². The molecule has 10 heteroatoms. The smallest absolute Gasteiger partial charge is 0.332 e. The minimum absolute atomic E-state index is 0.0339. The van der Waals surface area contributed by atoms with Crippen molar-refractivity contribution in [3.05, 3.63) is 21.1 Å². The van der Waals surface area contributed by atoms with Crippen molar-refractivity contribution in [1.29, 1.82) is 0 Å². The van der Waals surface area contributed by atoms with Crippen LogP contribution in [-0.2, 0) is 0 Å². The molecule has 0 spiro atoms. The average Bonchev–Trinajstić information content (AvgIpc) is 2.32. The maximum Gasteiger partial charge on any atom is 0.332 e. The summed E-state index contributed by atoms with van der Waals surface area (Å²) in [6.45, 7) is 2.03. The van der Waals surface area contributed by atoms with Crippen LogP contribution >= 0.6 is 11.6 Å². The summed E-state index contributed by atoms with van der Waals surface area (Å²) in [6, 6.07) is -0.252. The number of aryl methyl sites for hydroxylation is 1. The average molecular weight is 303 g/mol. The number of nitrogens with zero attached hydrogens (tertiary/aromatic N) is 4. The van der Waals surface area contributed by atoms with Gasteiger partial charge in [-0.15, -0.1) is 0 Å². The molecule has 0 atom stereocenters. The highest BCUT2D eigenvalue weighted by Crippen LogP contribution is 2.25. The zero-order valence-electron chi connectivity index (χ0n) is 11.3. The van der Waals surface area contributed by atoms with Crippen molar-refractivity contribution in [1.82, 2.24) is 20.2 Å². The topological polar surface area (TPSA) is 113 Å². The molecule has 1 heterocycles. The number of amides is 2. The second kappa shape index (κ2) is 6.85. The summed E-state index contributed by atoms with van der Waals surface area (Å²) in [7, 11) is 3.22. The lowest BCUT2D eigenvalue weighted by molar-refractivity contribution is -0.385. The van der Waals surface area contributed by atoms with E-state index in [0.29, 0.717) is 0 Å². The van der Waals surface area contributed by atoms with Gasteiger partial charge in [-0.3, -0.25) is 10.1 Å². The lowest BCUT2D eigenvalue weighted by Gasteiger charge is -2.12. The van der Waals surface area contributed by atoms with Crippen LogP contribution in [-0.4, -0.2) is 53.0 Å². The fourth-order valence-electron chi connectivity index (χ4n) is 1.38. The molecule has 0 aliphatic rings. The molecule has 1 aromatic rings. The quantitative estimate of drug-likeness (QED) is 0.363. The van der Waals surface area contributed by atoms with Crippen molar-refractivity contribution in [2.75, 3.05) is 32.5 Å². The van der Waals surface area contributed by atoms with Crippen molar-refractivity contribution in [3.63, 3.8) is 0 Å². The van der Waals surface area contributed by atoms with E-state index in [1.807, 2.05) is 0 Å². The van der Waals surface area contributed by atoms with Gasteiger partial charge in [0.05, 0.1) is 4.92 Å². The van der Waals surface area contributed by atoms with Crippen LogP contribution in [0.3, 0.4) is 0 Å². The summed E-state index contributed by atoms with van der Waals surface area (Å²) in [5.74, 6) is 0.0339. The number of aromatic nitrogens is 2. The first-order valence-corrected chi connectivity index (χ1v) is 6.08. The molecular weight excluding hydrogens is 288 g/mol. The van der Waals surface area contributed by atoms with E-state index in [0.717, 1.165) is 0 Å². The van der Waals surface area contributed by atoms with Crippen LogP contribution in [0.4, 0.5) is 16.3 Å². The van der Waals surface area contributed by atoms with Crippen molar-refractivity contribution < 1.29 is 9.72 Å². The molecule has 20 heavy (non-hydrogen) atoms. The molecule has 2 amide bonds. The van der Waals surface area contributed by atoms with Gasteiger partial charge in [-0.2, -0.15) is 4.98 Å². The van der Waals surface area contributed by atoms with E-state index >= 15 is 0 Å². The Kier molecular flexibility index (Phi) is 5.44. The SMILES string of the molecule is Cc1nc(Cl)nc(NCCNC(=O)N(C)C)c1[N+](=O)[O-]. The number of hydrogen-bond donors (Lipinski definition) is 2. The summed E-state index contributed by atoms with van der Waals surface area (Å²) in [6.07, 6.45) is 0. The van der Waals surface area contributed by atoms with Crippen molar-refractivity contribution in [2.45, 2.75) is 6.92 Å². The Morgan fingerprint density at radius 3 is 2.60 bits per heavy atom. The Hall–Kier alpha value is -2.16. The molecule has 0 unspecified atom stereocenters. The molecule has 2 N–H and O–H groups in total. The number of nitro groups is 1. The first-order chi connectivity index (χ1) is 9.32. The zero-order chi connectivity index (χ0) is 15.3. The normalized spacial score (nSPS) is 10.0. The van der Waals surface area contributed by atoms with E-state index in [2.05, 4.69) is 20.6 Å². The number of rotatable bonds is 5. The fourth-order valence-corrected chi connectivity index (χ4v) is 1.59. The second-order valence-corrected chi connectivity index (χ2v) is 4.42. The summed E-state index contributed by atoms with van der Waals surface area (Å²) < 4.78 is 0. The largest absolute Gasteiger partial charge is 0.362 e. The molecule has 1 aromatic heterocycles. The Balaban J connectivity index is 2.68.